The summed E-state index contributed by atoms with van der Waals surface area (Å²) in [7, 11) is -3.82. The van der Waals surface area contributed by atoms with Crippen LogP contribution in [-0.4, -0.2) is 38.5 Å². The van der Waals surface area contributed by atoms with E-state index in [0.29, 0.717) is 4.47 Å². The van der Waals surface area contributed by atoms with Crippen LogP contribution < -0.4 is 10.0 Å². The molecule has 0 saturated heterocycles. The van der Waals surface area contributed by atoms with Crippen LogP contribution in [-0.2, 0) is 14.8 Å². The number of benzene rings is 1. The molecule has 110 valence electrons. The fraction of sp³-hybridized carbons (Fsp3) is 0.273. The Morgan fingerprint density at radius 3 is 2.50 bits per heavy atom. The van der Waals surface area contributed by atoms with Crippen LogP contribution in [0.15, 0.2) is 27.6 Å². The van der Waals surface area contributed by atoms with Crippen molar-refractivity contribution in [1.29, 1.82) is 0 Å². The van der Waals surface area contributed by atoms with E-state index in [1.54, 1.807) is 0 Å². The molecule has 20 heavy (non-hydrogen) atoms. The largest absolute Gasteiger partial charge is 0.478 e. The van der Waals surface area contributed by atoms with Crippen molar-refractivity contribution in [3.05, 3.63) is 28.2 Å². The first-order valence-electron chi connectivity index (χ1n) is 5.51. The second-order valence-corrected chi connectivity index (χ2v) is 6.45. The highest BCUT2D eigenvalue weighted by atomic mass is 79.9. The van der Waals surface area contributed by atoms with Gasteiger partial charge < -0.3 is 10.4 Å². The van der Waals surface area contributed by atoms with Gasteiger partial charge in [-0.05, 0) is 34.1 Å². The number of halogens is 1. The molecule has 9 heteroatoms. The average molecular weight is 365 g/mol. The maximum Gasteiger partial charge on any atom is 0.336 e. The van der Waals surface area contributed by atoms with Gasteiger partial charge in [-0.2, -0.15) is 0 Å². The van der Waals surface area contributed by atoms with E-state index in [1.165, 1.54) is 19.1 Å². The van der Waals surface area contributed by atoms with E-state index in [2.05, 4.69) is 26.0 Å². The molecule has 0 spiro atoms. The first-order chi connectivity index (χ1) is 9.24. The van der Waals surface area contributed by atoms with Crippen molar-refractivity contribution in [2.24, 2.45) is 0 Å². The molecule has 0 atom stereocenters. The van der Waals surface area contributed by atoms with E-state index in [9.17, 15) is 18.0 Å². The average Bonchev–Trinajstić information content (AvgIpc) is 2.34. The van der Waals surface area contributed by atoms with Gasteiger partial charge in [0.2, 0.25) is 15.9 Å². The lowest BCUT2D eigenvalue weighted by Crippen LogP contribution is -2.33. The number of carboxylic acids is 1. The van der Waals surface area contributed by atoms with E-state index >= 15 is 0 Å². The maximum atomic E-state index is 11.9. The predicted molar refractivity (Wildman–Crippen MR) is 75.0 cm³/mol. The third kappa shape index (κ3) is 4.58. The molecule has 0 aliphatic carbocycles. The highest BCUT2D eigenvalue weighted by Crippen LogP contribution is 2.20. The number of amides is 1. The first-order valence-corrected chi connectivity index (χ1v) is 7.78. The number of aromatic carboxylic acids is 1. The number of nitrogens with one attached hydrogen (secondary N) is 2. The molecule has 3 N–H and O–H groups in total. The number of sulfonamides is 1. The van der Waals surface area contributed by atoms with Gasteiger partial charge in [-0.15, -0.1) is 0 Å². The Bertz CT molecular complexity index is 630. The lowest BCUT2D eigenvalue weighted by Gasteiger charge is -2.08. The molecule has 0 heterocycles. The summed E-state index contributed by atoms with van der Waals surface area (Å²) in [4.78, 5) is 21.4. The Morgan fingerprint density at radius 1 is 1.30 bits per heavy atom. The molecule has 1 aromatic carbocycles. The zero-order valence-corrected chi connectivity index (χ0v) is 12.9. The van der Waals surface area contributed by atoms with Crippen molar-refractivity contribution in [3.63, 3.8) is 0 Å². The molecule has 1 amide bonds. The van der Waals surface area contributed by atoms with Crippen LogP contribution in [0.1, 0.15) is 17.3 Å². The highest BCUT2D eigenvalue weighted by Gasteiger charge is 2.17. The van der Waals surface area contributed by atoms with E-state index in [4.69, 9.17) is 5.11 Å². The summed E-state index contributed by atoms with van der Waals surface area (Å²) in [6.07, 6.45) is 0. The van der Waals surface area contributed by atoms with Gasteiger partial charge >= 0.3 is 5.97 Å². The number of hydrogen-bond acceptors (Lipinski definition) is 4. The number of carbonyl (C=O) groups is 2. The Labute approximate surface area is 124 Å². The van der Waals surface area contributed by atoms with Gasteiger partial charge in [-0.25, -0.2) is 17.9 Å². The molecule has 7 nitrogen and oxygen atoms in total. The van der Waals surface area contributed by atoms with Gasteiger partial charge in [0.1, 0.15) is 0 Å². The minimum Gasteiger partial charge on any atom is -0.478 e. The third-order valence-corrected chi connectivity index (χ3v) is 4.42. The maximum absolute atomic E-state index is 11.9. The Kier molecular flexibility index (Phi) is 5.66. The lowest BCUT2D eigenvalue weighted by atomic mass is 10.2. The van der Waals surface area contributed by atoms with E-state index < -0.39 is 16.0 Å². The molecule has 0 aliphatic rings. The van der Waals surface area contributed by atoms with Crippen LogP contribution in [0.2, 0.25) is 0 Å². The van der Waals surface area contributed by atoms with Crippen LogP contribution in [0.4, 0.5) is 0 Å². The van der Waals surface area contributed by atoms with Crippen molar-refractivity contribution in [3.8, 4) is 0 Å². The zero-order valence-electron chi connectivity index (χ0n) is 10.5. The minimum absolute atomic E-state index is 0.0143. The van der Waals surface area contributed by atoms with Gasteiger partial charge in [0, 0.05) is 24.5 Å². The zero-order chi connectivity index (χ0) is 15.3. The number of hydrogen-bond donors (Lipinski definition) is 3. The summed E-state index contributed by atoms with van der Waals surface area (Å²) in [5.74, 6) is -1.49. The van der Waals surface area contributed by atoms with Crippen LogP contribution in [0.25, 0.3) is 0 Å². The molecule has 0 aliphatic heterocycles. The van der Waals surface area contributed by atoms with Crippen molar-refractivity contribution in [2.45, 2.75) is 11.8 Å². The van der Waals surface area contributed by atoms with Crippen molar-refractivity contribution >= 4 is 37.8 Å². The molecule has 0 unspecified atom stereocenters. The summed E-state index contributed by atoms with van der Waals surface area (Å²) in [6, 6.07) is 3.70. The molecule has 0 bridgehead atoms. The van der Waals surface area contributed by atoms with Crippen LogP contribution in [0, 0.1) is 0 Å². The Hall–Kier alpha value is -1.45. The molecule has 0 saturated carbocycles. The number of carbonyl (C=O) groups excluding carboxylic acids is 1. The van der Waals surface area contributed by atoms with E-state index in [1.807, 2.05) is 0 Å². The lowest BCUT2D eigenvalue weighted by molar-refractivity contribution is -0.118. The second kappa shape index (κ2) is 6.82. The summed E-state index contributed by atoms with van der Waals surface area (Å²) in [6.45, 7) is 1.49. The number of rotatable bonds is 6. The SMILES string of the molecule is CC(=O)NCCNS(=O)(=O)c1ccc(Br)c(C(=O)O)c1. The smallest absolute Gasteiger partial charge is 0.336 e. The van der Waals surface area contributed by atoms with Gasteiger partial charge in [-0.3, -0.25) is 4.79 Å². The molecule has 0 aromatic heterocycles. The van der Waals surface area contributed by atoms with Gasteiger partial charge in [0.05, 0.1) is 10.5 Å². The monoisotopic (exact) mass is 364 g/mol. The normalized spacial score (nSPS) is 11.1. The van der Waals surface area contributed by atoms with Crippen LogP contribution >= 0.6 is 15.9 Å². The quantitative estimate of drug-likeness (QED) is 0.638. The van der Waals surface area contributed by atoms with Gasteiger partial charge in [0.15, 0.2) is 0 Å². The van der Waals surface area contributed by atoms with Gasteiger partial charge in [-0.1, -0.05) is 0 Å². The Balaban J connectivity index is 2.85. The summed E-state index contributed by atoms with van der Waals surface area (Å²) < 4.78 is 26.4. The molecular formula is C11H13BrN2O5S. The molecule has 1 rings (SSSR count). The summed E-state index contributed by atoms with van der Waals surface area (Å²) >= 11 is 3.03. The Morgan fingerprint density at radius 2 is 1.95 bits per heavy atom. The summed E-state index contributed by atoms with van der Waals surface area (Å²) in [5, 5.41) is 11.4. The first kappa shape index (κ1) is 16.6. The van der Waals surface area contributed by atoms with Crippen LogP contribution in [0.3, 0.4) is 0 Å². The van der Waals surface area contributed by atoms with Crippen molar-refractivity contribution in [2.75, 3.05) is 13.1 Å². The van der Waals surface area contributed by atoms with Crippen molar-refractivity contribution < 1.29 is 23.1 Å². The predicted octanol–water partition coefficient (Wildman–Crippen LogP) is 0.562. The molecule has 1 aromatic rings. The van der Waals surface area contributed by atoms with E-state index in [0.717, 1.165) is 6.07 Å². The van der Waals surface area contributed by atoms with E-state index in [-0.39, 0.29) is 29.5 Å². The minimum atomic E-state index is -3.82. The fourth-order valence-corrected chi connectivity index (χ4v) is 2.82. The highest BCUT2D eigenvalue weighted by molar-refractivity contribution is 9.10. The standard InChI is InChI=1S/C11H13BrN2O5S/c1-7(15)13-4-5-14-20(18,19)8-2-3-10(12)9(6-8)11(16)17/h2-3,6,14H,4-5H2,1H3,(H,13,15)(H,16,17). The molecular weight excluding hydrogens is 352 g/mol. The topological polar surface area (TPSA) is 113 Å². The third-order valence-electron chi connectivity index (χ3n) is 2.27. The summed E-state index contributed by atoms with van der Waals surface area (Å²) in [5.41, 5.74) is -0.144. The molecule has 0 fully saturated rings. The number of carboxylic acid groups (broad SMARTS) is 1. The van der Waals surface area contributed by atoms with Crippen molar-refractivity contribution in [1.82, 2.24) is 10.0 Å². The van der Waals surface area contributed by atoms with Crippen LogP contribution in [0.5, 0.6) is 0 Å². The molecule has 0 radical (unpaired) electrons. The second-order valence-electron chi connectivity index (χ2n) is 3.83. The van der Waals surface area contributed by atoms with Gasteiger partial charge in [0.25, 0.3) is 0 Å². The fourth-order valence-electron chi connectivity index (χ4n) is 1.34.